The molecule has 0 radical (unpaired) electrons. The van der Waals surface area contributed by atoms with E-state index in [9.17, 15) is 0 Å². The van der Waals surface area contributed by atoms with Crippen molar-refractivity contribution in [2.45, 2.75) is 45.6 Å². The molecule has 0 saturated carbocycles. The first kappa shape index (κ1) is 13.4. The topological polar surface area (TPSA) is 15.3 Å². The molecule has 18 heavy (non-hydrogen) atoms. The number of nitrogens with one attached hydrogen (secondary N) is 1. The van der Waals surface area contributed by atoms with Crippen molar-refractivity contribution in [3.63, 3.8) is 0 Å². The molecule has 2 nitrogen and oxygen atoms in total. The molecule has 1 unspecified atom stereocenters. The van der Waals surface area contributed by atoms with Crippen molar-refractivity contribution in [2.24, 2.45) is 0 Å². The van der Waals surface area contributed by atoms with Gasteiger partial charge in [-0.25, -0.2) is 0 Å². The monoisotopic (exact) mass is 246 g/mol. The van der Waals surface area contributed by atoms with Crippen LogP contribution in [0, 0.1) is 0 Å². The number of benzene rings is 1. The molecule has 1 aromatic rings. The van der Waals surface area contributed by atoms with Gasteiger partial charge in [-0.15, -0.1) is 0 Å². The maximum atomic E-state index is 3.63. The van der Waals surface area contributed by atoms with Crippen LogP contribution in [0.3, 0.4) is 0 Å². The predicted molar refractivity (Wildman–Crippen MR) is 79.4 cm³/mol. The Hall–Kier alpha value is -1.02. The first-order valence-corrected chi connectivity index (χ1v) is 7.29. The second-order valence-electron chi connectivity index (χ2n) is 5.64. The minimum absolute atomic E-state index is 0.613. The highest BCUT2D eigenvalue weighted by atomic mass is 15.2. The lowest BCUT2D eigenvalue weighted by Gasteiger charge is -2.20. The largest absolute Gasteiger partial charge is 0.370 e. The van der Waals surface area contributed by atoms with Gasteiger partial charge in [0.15, 0.2) is 0 Å². The van der Waals surface area contributed by atoms with Crippen LogP contribution in [0.4, 0.5) is 5.69 Å². The summed E-state index contributed by atoms with van der Waals surface area (Å²) in [6.45, 7) is 10.2. The minimum Gasteiger partial charge on any atom is -0.370 e. The van der Waals surface area contributed by atoms with E-state index in [1.807, 2.05) is 0 Å². The molecule has 1 aliphatic rings. The van der Waals surface area contributed by atoms with Crippen molar-refractivity contribution >= 4 is 5.69 Å². The summed E-state index contributed by atoms with van der Waals surface area (Å²) in [5.41, 5.74) is 2.83. The van der Waals surface area contributed by atoms with Crippen LogP contribution in [0.1, 0.15) is 45.1 Å². The van der Waals surface area contributed by atoms with Gasteiger partial charge >= 0.3 is 0 Å². The number of rotatable bonds is 5. The van der Waals surface area contributed by atoms with Crippen molar-refractivity contribution in [3.05, 3.63) is 29.8 Å². The van der Waals surface area contributed by atoms with Crippen LogP contribution >= 0.6 is 0 Å². The van der Waals surface area contributed by atoms with Crippen LogP contribution in [-0.4, -0.2) is 25.7 Å². The van der Waals surface area contributed by atoms with E-state index in [0.29, 0.717) is 12.0 Å². The zero-order valence-electron chi connectivity index (χ0n) is 11.9. The number of anilines is 1. The average Bonchev–Trinajstić information content (AvgIpc) is 2.85. The third-order valence-corrected chi connectivity index (χ3v) is 3.77. The zero-order chi connectivity index (χ0) is 13.0. The molecule has 1 N–H and O–H groups in total. The molecule has 1 heterocycles. The second kappa shape index (κ2) is 6.24. The first-order valence-electron chi connectivity index (χ1n) is 7.29. The number of nitrogens with zero attached hydrogens (tertiary/aromatic N) is 1. The van der Waals surface area contributed by atoms with Crippen molar-refractivity contribution < 1.29 is 0 Å². The zero-order valence-corrected chi connectivity index (χ0v) is 11.9. The fraction of sp³-hybridized carbons (Fsp3) is 0.625. The number of hydrogen-bond acceptors (Lipinski definition) is 2. The molecule has 0 bridgehead atoms. The van der Waals surface area contributed by atoms with Crippen LogP contribution in [0.25, 0.3) is 0 Å². The Balaban J connectivity index is 1.98. The van der Waals surface area contributed by atoms with E-state index in [2.05, 4.69) is 55.3 Å². The molecule has 0 aromatic heterocycles. The summed E-state index contributed by atoms with van der Waals surface area (Å²) < 4.78 is 0. The van der Waals surface area contributed by atoms with Crippen LogP contribution in [0.5, 0.6) is 0 Å². The molecule has 2 heteroatoms. The van der Waals surface area contributed by atoms with E-state index in [1.54, 1.807) is 0 Å². The van der Waals surface area contributed by atoms with Gasteiger partial charge in [-0.1, -0.05) is 32.9 Å². The summed E-state index contributed by atoms with van der Waals surface area (Å²) in [6, 6.07) is 9.70. The predicted octanol–water partition coefficient (Wildman–Crippen LogP) is 3.39. The third kappa shape index (κ3) is 3.26. The highest BCUT2D eigenvalue weighted by Gasteiger charge is 2.22. The Kier molecular flexibility index (Phi) is 4.65. The fourth-order valence-corrected chi connectivity index (χ4v) is 2.59. The lowest BCUT2D eigenvalue weighted by molar-refractivity contribution is 0.549. The van der Waals surface area contributed by atoms with Crippen molar-refractivity contribution in [1.29, 1.82) is 0 Å². The molecular formula is C16H26N2. The number of hydrogen-bond donors (Lipinski definition) is 1. The Morgan fingerprint density at radius 1 is 1.39 bits per heavy atom. The fourth-order valence-electron chi connectivity index (χ4n) is 2.59. The Labute approximate surface area is 111 Å². The third-order valence-electron chi connectivity index (χ3n) is 3.77. The quantitative estimate of drug-likeness (QED) is 0.856. The van der Waals surface area contributed by atoms with E-state index in [1.165, 1.54) is 30.6 Å². The molecule has 0 amide bonds. The van der Waals surface area contributed by atoms with Crippen LogP contribution in [0.15, 0.2) is 24.3 Å². The Morgan fingerprint density at radius 3 is 2.94 bits per heavy atom. The lowest BCUT2D eigenvalue weighted by atomic mass is 10.0. The summed E-state index contributed by atoms with van der Waals surface area (Å²) in [4.78, 5) is 2.51. The van der Waals surface area contributed by atoms with Gasteiger partial charge in [0, 0.05) is 24.8 Å². The maximum Gasteiger partial charge on any atom is 0.0369 e. The van der Waals surface area contributed by atoms with Crippen LogP contribution in [0.2, 0.25) is 0 Å². The molecular weight excluding hydrogens is 220 g/mol. The van der Waals surface area contributed by atoms with Gasteiger partial charge in [0.25, 0.3) is 0 Å². The highest BCUT2D eigenvalue weighted by molar-refractivity contribution is 5.50. The summed E-state index contributed by atoms with van der Waals surface area (Å²) in [5, 5.41) is 3.63. The van der Waals surface area contributed by atoms with Gasteiger partial charge in [-0.2, -0.15) is 0 Å². The molecule has 1 aromatic carbocycles. The van der Waals surface area contributed by atoms with Crippen LogP contribution < -0.4 is 10.2 Å². The van der Waals surface area contributed by atoms with Crippen molar-refractivity contribution in [2.75, 3.05) is 24.5 Å². The summed E-state index contributed by atoms with van der Waals surface area (Å²) in [7, 11) is 0. The molecule has 0 aliphatic carbocycles. The summed E-state index contributed by atoms with van der Waals surface area (Å²) in [6.07, 6.45) is 2.49. The van der Waals surface area contributed by atoms with Crippen molar-refractivity contribution in [1.82, 2.24) is 5.32 Å². The van der Waals surface area contributed by atoms with E-state index >= 15 is 0 Å². The molecule has 1 atom stereocenters. The Bertz CT molecular complexity index is 373. The van der Waals surface area contributed by atoms with Gasteiger partial charge in [-0.3, -0.25) is 0 Å². The molecule has 100 valence electrons. The minimum atomic E-state index is 0.613. The van der Waals surface area contributed by atoms with E-state index < -0.39 is 0 Å². The maximum absolute atomic E-state index is 3.63. The van der Waals surface area contributed by atoms with Gasteiger partial charge < -0.3 is 10.2 Å². The first-order chi connectivity index (χ1) is 8.70. The lowest BCUT2D eigenvalue weighted by Crippen LogP contribution is -2.32. The van der Waals surface area contributed by atoms with Gasteiger partial charge in [0.1, 0.15) is 0 Å². The summed E-state index contributed by atoms with van der Waals surface area (Å²) in [5.74, 6) is 0.613. The Morgan fingerprint density at radius 2 is 2.22 bits per heavy atom. The molecule has 2 rings (SSSR count). The SMILES string of the molecule is CCCNC1CCN(c2cccc(C(C)C)c2)C1. The van der Waals surface area contributed by atoms with Gasteiger partial charge in [-0.05, 0) is 43.0 Å². The van der Waals surface area contributed by atoms with E-state index in [-0.39, 0.29) is 0 Å². The highest BCUT2D eigenvalue weighted by Crippen LogP contribution is 2.24. The molecule has 1 aliphatic heterocycles. The standard InChI is InChI=1S/C16H26N2/c1-4-9-17-15-8-10-18(12-15)16-7-5-6-14(11-16)13(2)3/h5-7,11,13,15,17H,4,8-10,12H2,1-3H3. The second-order valence-corrected chi connectivity index (χ2v) is 5.64. The molecule has 1 fully saturated rings. The smallest absolute Gasteiger partial charge is 0.0369 e. The summed E-state index contributed by atoms with van der Waals surface area (Å²) >= 11 is 0. The molecule has 0 spiro atoms. The van der Waals surface area contributed by atoms with Crippen molar-refractivity contribution in [3.8, 4) is 0 Å². The van der Waals surface area contributed by atoms with Gasteiger partial charge in [0.2, 0.25) is 0 Å². The van der Waals surface area contributed by atoms with E-state index in [4.69, 9.17) is 0 Å². The van der Waals surface area contributed by atoms with E-state index in [0.717, 1.165) is 13.1 Å². The van der Waals surface area contributed by atoms with Gasteiger partial charge in [0.05, 0.1) is 0 Å². The molecule has 1 saturated heterocycles. The normalized spacial score (nSPS) is 19.8. The average molecular weight is 246 g/mol. The van der Waals surface area contributed by atoms with Crippen LogP contribution in [-0.2, 0) is 0 Å².